The standard InChI is InChI=1S/C15H15F3N2O3/c16-15(17,18)14(23)11-3-1-2-4-12(11)19-20(14)13(22)9-5-7-10(21)8-6-9/h5-8,11,21,23H,1-4H2/t11-,14-/m0/s1. The molecule has 1 aliphatic heterocycles. The van der Waals surface area contributed by atoms with E-state index >= 15 is 0 Å². The van der Waals surface area contributed by atoms with Crippen LogP contribution in [0, 0.1) is 5.92 Å². The van der Waals surface area contributed by atoms with Crippen LogP contribution in [0.15, 0.2) is 29.4 Å². The average molecular weight is 328 g/mol. The summed E-state index contributed by atoms with van der Waals surface area (Å²) in [4.78, 5) is 12.4. The molecule has 0 aromatic heterocycles. The van der Waals surface area contributed by atoms with Crippen molar-refractivity contribution in [2.75, 3.05) is 0 Å². The van der Waals surface area contributed by atoms with Crippen LogP contribution in [-0.2, 0) is 0 Å². The van der Waals surface area contributed by atoms with E-state index in [2.05, 4.69) is 5.10 Å². The highest BCUT2D eigenvalue weighted by atomic mass is 19.4. The van der Waals surface area contributed by atoms with Gasteiger partial charge in [0.15, 0.2) is 0 Å². The normalized spacial score (nSPS) is 27.6. The molecule has 3 rings (SSSR count). The van der Waals surface area contributed by atoms with Crippen molar-refractivity contribution in [3.63, 3.8) is 0 Å². The molecular formula is C15H15F3N2O3. The minimum absolute atomic E-state index is 0.0894. The van der Waals surface area contributed by atoms with E-state index in [1.165, 1.54) is 24.3 Å². The summed E-state index contributed by atoms with van der Waals surface area (Å²) in [6, 6.07) is 4.76. The number of hydrazone groups is 1. The first kappa shape index (κ1) is 15.8. The highest BCUT2D eigenvalue weighted by Crippen LogP contribution is 2.48. The number of phenols is 1. The Labute approximate surface area is 130 Å². The molecule has 1 aromatic carbocycles. The molecule has 0 spiro atoms. The smallest absolute Gasteiger partial charge is 0.439 e. The van der Waals surface area contributed by atoms with Gasteiger partial charge in [-0.1, -0.05) is 6.42 Å². The first-order chi connectivity index (χ1) is 10.7. The second kappa shape index (κ2) is 5.23. The Balaban J connectivity index is 2.03. The van der Waals surface area contributed by atoms with Crippen LogP contribution in [0.2, 0.25) is 0 Å². The summed E-state index contributed by atoms with van der Waals surface area (Å²) in [6.07, 6.45) is -3.32. The zero-order valence-electron chi connectivity index (χ0n) is 12.0. The minimum atomic E-state index is -5.02. The van der Waals surface area contributed by atoms with Crippen molar-refractivity contribution >= 4 is 11.6 Å². The SMILES string of the molecule is O=C(c1ccc(O)cc1)N1N=C2CCCC[C@@H]2[C@]1(O)C(F)(F)F. The zero-order valence-corrected chi connectivity index (χ0v) is 12.0. The quantitative estimate of drug-likeness (QED) is 0.832. The maximum atomic E-state index is 13.5. The van der Waals surface area contributed by atoms with Crippen LogP contribution in [-0.4, -0.2) is 38.7 Å². The molecular weight excluding hydrogens is 313 g/mol. The molecule has 0 bridgehead atoms. The number of rotatable bonds is 1. The third-order valence-electron chi connectivity index (χ3n) is 4.34. The van der Waals surface area contributed by atoms with E-state index in [4.69, 9.17) is 0 Å². The number of hydrogen-bond acceptors (Lipinski definition) is 4. The molecule has 124 valence electrons. The first-order valence-corrected chi connectivity index (χ1v) is 7.25. The molecule has 1 amide bonds. The Hall–Kier alpha value is -2.09. The van der Waals surface area contributed by atoms with E-state index in [-0.39, 0.29) is 28.5 Å². The van der Waals surface area contributed by atoms with Crippen molar-refractivity contribution in [1.29, 1.82) is 0 Å². The maximum Gasteiger partial charge on any atom is 0.439 e. The molecule has 8 heteroatoms. The Morgan fingerprint density at radius 3 is 2.52 bits per heavy atom. The number of amides is 1. The van der Waals surface area contributed by atoms with E-state index in [0.717, 1.165) is 0 Å². The summed E-state index contributed by atoms with van der Waals surface area (Å²) in [5.41, 5.74) is -3.20. The van der Waals surface area contributed by atoms with Crippen LogP contribution in [0.3, 0.4) is 0 Å². The lowest BCUT2D eigenvalue weighted by molar-refractivity contribution is -0.312. The van der Waals surface area contributed by atoms with E-state index in [0.29, 0.717) is 19.3 Å². The number of hydrogen-bond donors (Lipinski definition) is 2. The van der Waals surface area contributed by atoms with Gasteiger partial charge in [-0.3, -0.25) is 4.79 Å². The number of alkyl halides is 3. The van der Waals surface area contributed by atoms with Crippen molar-refractivity contribution in [3.8, 4) is 5.75 Å². The zero-order chi connectivity index (χ0) is 16.8. The average Bonchev–Trinajstić information content (AvgIpc) is 2.82. The molecule has 23 heavy (non-hydrogen) atoms. The van der Waals surface area contributed by atoms with Crippen molar-refractivity contribution in [1.82, 2.24) is 5.01 Å². The van der Waals surface area contributed by atoms with Crippen molar-refractivity contribution in [2.24, 2.45) is 11.0 Å². The number of fused-ring (bicyclic) bond motifs is 1. The Morgan fingerprint density at radius 2 is 1.91 bits per heavy atom. The Kier molecular flexibility index (Phi) is 3.59. The Morgan fingerprint density at radius 1 is 1.26 bits per heavy atom. The van der Waals surface area contributed by atoms with Crippen LogP contribution in [0.25, 0.3) is 0 Å². The summed E-state index contributed by atoms with van der Waals surface area (Å²) in [6.45, 7) is 0. The number of phenolic OH excluding ortho intramolecular Hbond substituents is 1. The lowest BCUT2D eigenvalue weighted by Crippen LogP contribution is -2.61. The van der Waals surface area contributed by atoms with Crippen LogP contribution in [0.4, 0.5) is 13.2 Å². The van der Waals surface area contributed by atoms with Gasteiger partial charge in [-0.15, -0.1) is 0 Å². The van der Waals surface area contributed by atoms with Gasteiger partial charge < -0.3 is 10.2 Å². The fourth-order valence-corrected chi connectivity index (χ4v) is 3.15. The molecule has 0 radical (unpaired) electrons. The van der Waals surface area contributed by atoms with Gasteiger partial charge in [0.1, 0.15) is 5.75 Å². The second-order valence-electron chi connectivity index (χ2n) is 5.78. The fourth-order valence-electron chi connectivity index (χ4n) is 3.15. The van der Waals surface area contributed by atoms with Crippen LogP contribution in [0.1, 0.15) is 36.0 Å². The lowest BCUT2D eigenvalue weighted by atomic mass is 9.80. The predicted octanol–water partition coefficient (Wildman–Crippen LogP) is 2.65. The summed E-state index contributed by atoms with van der Waals surface area (Å²) in [7, 11) is 0. The molecule has 1 aliphatic carbocycles. The number of carbonyl (C=O) groups is 1. The van der Waals surface area contributed by atoms with Gasteiger partial charge >= 0.3 is 6.18 Å². The van der Waals surface area contributed by atoms with Gasteiger partial charge in [-0.25, -0.2) is 0 Å². The molecule has 0 unspecified atom stereocenters. The second-order valence-corrected chi connectivity index (χ2v) is 5.78. The third kappa shape index (κ3) is 2.37. The molecule has 1 saturated carbocycles. The largest absolute Gasteiger partial charge is 0.508 e. The Bertz CT molecular complexity index is 657. The number of aliphatic hydroxyl groups is 1. The van der Waals surface area contributed by atoms with Gasteiger partial charge in [-0.2, -0.15) is 23.3 Å². The predicted molar refractivity (Wildman–Crippen MR) is 74.7 cm³/mol. The van der Waals surface area contributed by atoms with Crippen LogP contribution in [0.5, 0.6) is 5.75 Å². The van der Waals surface area contributed by atoms with E-state index in [1.54, 1.807) is 0 Å². The number of halogens is 3. The minimum Gasteiger partial charge on any atom is -0.508 e. The summed E-state index contributed by atoms with van der Waals surface area (Å²) in [5, 5.41) is 23.6. The number of nitrogens with zero attached hydrogens (tertiary/aromatic N) is 2. The molecule has 1 aromatic rings. The van der Waals surface area contributed by atoms with Crippen molar-refractivity contribution in [2.45, 2.75) is 37.6 Å². The molecule has 1 heterocycles. The summed E-state index contributed by atoms with van der Waals surface area (Å²) >= 11 is 0. The van der Waals surface area contributed by atoms with Gasteiger partial charge in [0, 0.05) is 11.3 Å². The molecule has 2 N–H and O–H groups in total. The van der Waals surface area contributed by atoms with Crippen LogP contribution < -0.4 is 0 Å². The molecule has 1 fully saturated rings. The van der Waals surface area contributed by atoms with E-state index in [1.807, 2.05) is 0 Å². The fraction of sp³-hybridized carbons (Fsp3) is 0.467. The van der Waals surface area contributed by atoms with Gasteiger partial charge in [-0.05, 0) is 43.5 Å². The van der Waals surface area contributed by atoms with E-state index in [9.17, 15) is 28.2 Å². The maximum absolute atomic E-state index is 13.5. The number of benzene rings is 1. The lowest BCUT2D eigenvalue weighted by Gasteiger charge is -2.38. The molecule has 5 nitrogen and oxygen atoms in total. The number of aromatic hydroxyl groups is 1. The highest BCUT2D eigenvalue weighted by Gasteiger charge is 2.68. The van der Waals surface area contributed by atoms with Gasteiger partial charge in [0.2, 0.25) is 0 Å². The summed E-state index contributed by atoms with van der Waals surface area (Å²) in [5.74, 6) is -2.39. The molecule has 2 atom stereocenters. The van der Waals surface area contributed by atoms with Gasteiger partial charge in [0.25, 0.3) is 11.6 Å². The topological polar surface area (TPSA) is 73.1 Å². The van der Waals surface area contributed by atoms with Crippen LogP contribution >= 0.6 is 0 Å². The third-order valence-corrected chi connectivity index (χ3v) is 4.34. The highest BCUT2D eigenvalue weighted by molar-refractivity contribution is 5.99. The molecule has 0 saturated heterocycles. The summed E-state index contributed by atoms with van der Waals surface area (Å²) < 4.78 is 40.6. The molecule has 2 aliphatic rings. The van der Waals surface area contributed by atoms with E-state index < -0.39 is 23.7 Å². The monoisotopic (exact) mass is 328 g/mol. The van der Waals surface area contributed by atoms with Crippen molar-refractivity contribution in [3.05, 3.63) is 29.8 Å². The first-order valence-electron chi connectivity index (χ1n) is 7.25. The number of carbonyl (C=O) groups excluding carboxylic acids is 1. The van der Waals surface area contributed by atoms with Gasteiger partial charge in [0.05, 0.1) is 5.92 Å². The van der Waals surface area contributed by atoms with Crippen molar-refractivity contribution < 1.29 is 28.2 Å².